The van der Waals surface area contributed by atoms with Crippen LogP contribution >= 0.6 is 0 Å². The zero-order valence-electron chi connectivity index (χ0n) is 18.5. The molecule has 0 bridgehead atoms. The number of rotatable bonds is 8. The SMILES string of the molecule is COCCO[C@H]1C(=O)N(C2CCN(C(=O)c3ccc(OC)cc3)CC2)[C@H]1c1ccncc1. The van der Waals surface area contributed by atoms with E-state index in [1.54, 1.807) is 50.9 Å². The Morgan fingerprint density at radius 1 is 1.03 bits per heavy atom. The summed E-state index contributed by atoms with van der Waals surface area (Å²) in [7, 11) is 3.21. The van der Waals surface area contributed by atoms with Crippen LogP contribution in [0.15, 0.2) is 48.8 Å². The summed E-state index contributed by atoms with van der Waals surface area (Å²) in [6, 6.07) is 10.9. The molecule has 2 aromatic rings. The lowest BCUT2D eigenvalue weighted by molar-refractivity contribution is -0.183. The van der Waals surface area contributed by atoms with E-state index in [2.05, 4.69) is 4.98 Å². The first-order valence-corrected chi connectivity index (χ1v) is 10.9. The van der Waals surface area contributed by atoms with Gasteiger partial charge in [0.1, 0.15) is 5.75 Å². The lowest BCUT2D eigenvalue weighted by Crippen LogP contribution is -2.65. The van der Waals surface area contributed by atoms with Crippen molar-refractivity contribution in [2.24, 2.45) is 0 Å². The highest BCUT2D eigenvalue weighted by atomic mass is 16.5. The average molecular weight is 440 g/mol. The molecule has 8 nitrogen and oxygen atoms in total. The molecule has 2 aliphatic rings. The van der Waals surface area contributed by atoms with Crippen LogP contribution in [-0.4, -0.2) is 79.3 Å². The highest BCUT2D eigenvalue weighted by molar-refractivity contribution is 5.94. The van der Waals surface area contributed by atoms with Crippen LogP contribution in [0.1, 0.15) is 34.8 Å². The van der Waals surface area contributed by atoms with Gasteiger partial charge in [-0.1, -0.05) is 0 Å². The molecule has 32 heavy (non-hydrogen) atoms. The van der Waals surface area contributed by atoms with E-state index in [9.17, 15) is 9.59 Å². The number of ether oxygens (including phenoxy) is 3. The molecule has 0 unspecified atom stereocenters. The van der Waals surface area contributed by atoms with Crippen molar-refractivity contribution in [3.63, 3.8) is 0 Å². The molecule has 2 fully saturated rings. The average Bonchev–Trinajstić information content (AvgIpc) is 2.85. The van der Waals surface area contributed by atoms with E-state index < -0.39 is 6.10 Å². The fraction of sp³-hybridized carbons (Fsp3) is 0.458. The molecular weight excluding hydrogens is 410 g/mol. The third kappa shape index (κ3) is 4.47. The molecule has 2 saturated heterocycles. The van der Waals surface area contributed by atoms with Gasteiger partial charge >= 0.3 is 0 Å². The molecule has 170 valence electrons. The number of piperidine rings is 1. The predicted octanol–water partition coefficient (Wildman–Crippen LogP) is 2.31. The molecule has 0 N–H and O–H groups in total. The zero-order chi connectivity index (χ0) is 22.5. The molecule has 8 heteroatoms. The van der Waals surface area contributed by atoms with Gasteiger partial charge in [0.15, 0.2) is 6.10 Å². The zero-order valence-corrected chi connectivity index (χ0v) is 18.5. The van der Waals surface area contributed by atoms with Crippen LogP contribution in [0.2, 0.25) is 0 Å². The highest BCUT2D eigenvalue weighted by Crippen LogP contribution is 2.40. The summed E-state index contributed by atoms with van der Waals surface area (Å²) in [5.74, 6) is 0.733. The quantitative estimate of drug-likeness (QED) is 0.464. The second kappa shape index (κ2) is 10.1. The predicted molar refractivity (Wildman–Crippen MR) is 117 cm³/mol. The fourth-order valence-electron chi connectivity index (χ4n) is 4.47. The largest absolute Gasteiger partial charge is 0.497 e. The van der Waals surface area contributed by atoms with E-state index in [-0.39, 0.29) is 23.9 Å². The Kier molecular flexibility index (Phi) is 7.02. The Balaban J connectivity index is 1.41. The minimum absolute atomic E-state index is 0.00264. The minimum atomic E-state index is -0.508. The van der Waals surface area contributed by atoms with Crippen LogP contribution in [0, 0.1) is 0 Å². The van der Waals surface area contributed by atoms with Crippen LogP contribution < -0.4 is 4.74 Å². The van der Waals surface area contributed by atoms with Gasteiger partial charge in [0.05, 0.1) is 26.4 Å². The molecule has 3 heterocycles. The lowest BCUT2D eigenvalue weighted by atomic mass is 9.86. The first kappa shape index (κ1) is 22.2. The number of hydrogen-bond donors (Lipinski definition) is 0. The maximum Gasteiger partial charge on any atom is 0.255 e. The number of hydrogen-bond acceptors (Lipinski definition) is 6. The molecule has 0 saturated carbocycles. The van der Waals surface area contributed by atoms with Crippen molar-refractivity contribution in [2.45, 2.75) is 31.0 Å². The molecule has 0 radical (unpaired) electrons. The molecule has 2 amide bonds. The Labute approximate surface area is 188 Å². The first-order chi connectivity index (χ1) is 15.6. The van der Waals surface area contributed by atoms with Crippen LogP contribution in [0.4, 0.5) is 0 Å². The van der Waals surface area contributed by atoms with Gasteiger partial charge < -0.3 is 24.0 Å². The second-order valence-electron chi connectivity index (χ2n) is 8.01. The van der Waals surface area contributed by atoms with Gasteiger partial charge in [0.25, 0.3) is 11.8 Å². The Hall–Kier alpha value is -2.97. The third-order valence-corrected chi connectivity index (χ3v) is 6.20. The number of aromatic nitrogens is 1. The minimum Gasteiger partial charge on any atom is -0.497 e. The van der Waals surface area contributed by atoms with Gasteiger partial charge in [-0.15, -0.1) is 0 Å². The number of methoxy groups -OCH3 is 2. The van der Waals surface area contributed by atoms with E-state index in [1.165, 1.54) is 0 Å². The summed E-state index contributed by atoms with van der Waals surface area (Å²) < 4.78 is 16.1. The van der Waals surface area contributed by atoms with Gasteiger partial charge in [0, 0.05) is 44.2 Å². The van der Waals surface area contributed by atoms with Gasteiger partial charge in [-0.05, 0) is 54.8 Å². The molecule has 1 aromatic heterocycles. The van der Waals surface area contributed by atoms with Crippen molar-refractivity contribution in [3.05, 3.63) is 59.9 Å². The maximum absolute atomic E-state index is 13.0. The van der Waals surface area contributed by atoms with E-state index in [0.29, 0.717) is 31.9 Å². The third-order valence-electron chi connectivity index (χ3n) is 6.20. The van der Waals surface area contributed by atoms with Crippen molar-refractivity contribution in [3.8, 4) is 5.75 Å². The van der Waals surface area contributed by atoms with Crippen LogP contribution in [0.5, 0.6) is 5.75 Å². The summed E-state index contributed by atoms with van der Waals surface area (Å²) in [5, 5.41) is 0. The van der Waals surface area contributed by atoms with Crippen molar-refractivity contribution >= 4 is 11.8 Å². The number of nitrogens with zero attached hydrogens (tertiary/aromatic N) is 3. The Morgan fingerprint density at radius 2 is 1.72 bits per heavy atom. The van der Waals surface area contributed by atoms with Gasteiger partial charge in [0.2, 0.25) is 0 Å². The van der Waals surface area contributed by atoms with Crippen molar-refractivity contribution in [1.29, 1.82) is 0 Å². The molecular formula is C24H29N3O5. The monoisotopic (exact) mass is 439 g/mol. The standard InChI is InChI=1S/C24H29N3O5/c1-30-15-16-32-22-21(17-7-11-25-12-8-17)27(24(22)29)19-9-13-26(14-10-19)23(28)18-3-5-20(31-2)6-4-18/h3-8,11-12,19,21-22H,9-10,13-16H2,1-2H3/t21-,22+/m0/s1. The summed E-state index contributed by atoms with van der Waals surface area (Å²) in [6.45, 7) is 2.03. The number of likely N-dealkylation sites (tertiary alicyclic amines) is 2. The fourth-order valence-corrected chi connectivity index (χ4v) is 4.47. The molecule has 2 atom stereocenters. The van der Waals surface area contributed by atoms with Gasteiger partial charge in [-0.25, -0.2) is 0 Å². The van der Waals surface area contributed by atoms with Crippen LogP contribution in [0.3, 0.4) is 0 Å². The molecule has 0 spiro atoms. The summed E-state index contributed by atoms with van der Waals surface area (Å²) in [4.78, 5) is 33.7. The normalized spacial score (nSPS) is 21.4. The maximum atomic E-state index is 13.0. The molecule has 1 aromatic carbocycles. The van der Waals surface area contributed by atoms with E-state index in [1.807, 2.05) is 21.9 Å². The van der Waals surface area contributed by atoms with E-state index >= 15 is 0 Å². The molecule has 0 aliphatic carbocycles. The number of β-lactam (4-membered cyclic amide) rings is 1. The van der Waals surface area contributed by atoms with Crippen LogP contribution in [0.25, 0.3) is 0 Å². The molecule has 2 aliphatic heterocycles. The lowest BCUT2D eigenvalue weighted by Gasteiger charge is -2.52. The highest BCUT2D eigenvalue weighted by Gasteiger charge is 2.52. The number of pyridine rings is 1. The Bertz CT molecular complexity index is 913. The van der Waals surface area contributed by atoms with Gasteiger partial charge in [-0.3, -0.25) is 14.6 Å². The van der Waals surface area contributed by atoms with Gasteiger partial charge in [-0.2, -0.15) is 0 Å². The summed E-state index contributed by atoms with van der Waals surface area (Å²) in [6.07, 6.45) is 4.43. The van der Waals surface area contributed by atoms with Crippen molar-refractivity contribution in [1.82, 2.24) is 14.8 Å². The summed E-state index contributed by atoms with van der Waals surface area (Å²) in [5.41, 5.74) is 1.66. The smallest absolute Gasteiger partial charge is 0.255 e. The molecule has 4 rings (SSSR count). The van der Waals surface area contributed by atoms with E-state index in [0.717, 1.165) is 24.2 Å². The van der Waals surface area contributed by atoms with Crippen molar-refractivity contribution < 1.29 is 23.8 Å². The van der Waals surface area contributed by atoms with Crippen molar-refractivity contribution in [2.75, 3.05) is 40.5 Å². The van der Waals surface area contributed by atoms with Crippen LogP contribution in [-0.2, 0) is 14.3 Å². The second-order valence-corrected chi connectivity index (χ2v) is 8.01. The Morgan fingerprint density at radius 3 is 2.34 bits per heavy atom. The number of benzene rings is 1. The first-order valence-electron chi connectivity index (χ1n) is 10.9. The number of carbonyl (C=O) groups is 2. The number of carbonyl (C=O) groups excluding carboxylic acids is 2. The van der Waals surface area contributed by atoms with E-state index in [4.69, 9.17) is 14.2 Å². The topological polar surface area (TPSA) is 81.2 Å². The summed E-state index contributed by atoms with van der Waals surface area (Å²) >= 11 is 0. The number of amides is 2.